The lowest BCUT2D eigenvalue weighted by Crippen LogP contribution is -2.22. The molecule has 0 aliphatic carbocycles. The molecular weight excluding hydrogens is 226 g/mol. The van der Waals surface area contributed by atoms with Gasteiger partial charge in [-0.05, 0) is 18.4 Å². The second-order valence-corrected chi connectivity index (χ2v) is 4.96. The van der Waals surface area contributed by atoms with Gasteiger partial charge in [-0.25, -0.2) is 4.79 Å². The van der Waals surface area contributed by atoms with Crippen molar-refractivity contribution in [2.75, 3.05) is 19.8 Å². The van der Waals surface area contributed by atoms with E-state index < -0.39 is 5.97 Å². The summed E-state index contributed by atoms with van der Waals surface area (Å²) in [5.74, 6) is -0.245. The van der Waals surface area contributed by atoms with Crippen molar-refractivity contribution in [1.29, 1.82) is 0 Å². The number of carboxylic acids is 1. The third-order valence-corrected chi connectivity index (χ3v) is 3.59. The number of rotatable bonds is 5. The molecule has 88 valence electrons. The van der Waals surface area contributed by atoms with Crippen molar-refractivity contribution in [3.63, 3.8) is 0 Å². The summed E-state index contributed by atoms with van der Waals surface area (Å²) in [6, 6.07) is 1.73. The van der Waals surface area contributed by atoms with Crippen molar-refractivity contribution >= 4 is 17.3 Å². The smallest absolute Gasteiger partial charge is 0.336 e. The maximum absolute atomic E-state index is 10.7. The number of hydrogen-bond donors (Lipinski definition) is 2. The van der Waals surface area contributed by atoms with E-state index in [1.165, 1.54) is 11.3 Å². The van der Waals surface area contributed by atoms with Crippen molar-refractivity contribution in [2.45, 2.75) is 13.0 Å². The minimum atomic E-state index is -0.855. The van der Waals surface area contributed by atoms with E-state index >= 15 is 0 Å². The molecule has 2 N–H and O–H groups in total. The highest BCUT2D eigenvalue weighted by Gasteiger charge is 2.14. The van der Waals surface area contributed by atoms with Crippen LogP contribution in [0.25, 0.3) is 0 Å². The molecule has 1 aromatic rings. The van der Waals surface area contributed by atoms with Gasteiger partial charge in [-0.3, -0.25) is 0 Å². The van der Waals surface area contributed by atoms with E-state index in [9.17, 15) is 4.79 Å². The quantitative estimate of drug-likeness (QED) is 0.821. The Labute approximate surface area is 98.2 Å². The van der Waals surface area contributed by atoms with Crippen molar-refractivity contribution in [3.8, 4) is 0 Å². The molecule has 4 nitrogen and oxygen atoms in total. The monoisotopic (exact) mass is 241 g/mol. The molecule has 1 unspecified atom stereocenters. The summed E-state index contributed by atoms with van der Waals surface area (Å²) in [5.41, 5.74) is 0.381. The van der Waals surface area contributed by atoms with Gasteiger partial charge in [0.2, 0.25) is 0 Å². The van der Waals surface area contributed by atoms with E-state index in [2.05, 4.69) is 5.32 Å². The number of carboxylic acid groups (broad SMARTS) is 1. The first-order valence-electron chi connectivity index (χ1n) is 5.35. The number of hydrogen-bond acceptors (Lipinski definition) is 4. The van der Waals surface area contributed by atoms with Crippen molar-refractivity contribution in [1.82, 2.24) is 5.32 Å². The maximum atomic E-state index is 10.7. The number of carbonyl (C=O) groups is 1. The highest BCUT2D eigenvalue weighted by Crippen LogP contribution is 2.15. The van der Waals surface area contributed by atoms with Gasteiger partial charge in [0.1, 0.15) is 0 Å². The number of aromatic carboxylic acids is 1. The highest BCUT2D eigenvalue weighted by molar-refractivity contribution is 7.10. The first-order valence-corrected chi connectivity index (χ1v) is 6.23. The molecule has 1 atom stereocenters. The third-order valence-electron chi connectivity index (χ3n) is 2.66. The van der Waals surface area contributed by atoms with Crippen molar-refractivity contribution in [2.24, 2.45) is 5.92 Å². The molecule has 1 aliphatic rings. The minimum absolute atomic E-state index is 0.381. The normalized spacial score (nSPS) is 20.1. The number of ether oxygens (including phenoxy) is 1. The summed E-state index contributed by atoms with van der Waals surface area (Å²) >= 11 is 1.49. The average molecular weight is 241 g/mol. The lowest BCUT2D eigenvalue weighted by atomic mass is 10.1. The molecule has 1 saturated heterocycles. The van der Waals surface area contributed by atoms with Gasteiger partial charge in [-0.1, -0.05) is 0 Å². The lowest BCUT2D eigenvalue weighted by molar-refractivity contribution is 0.0697. The number of nitrogens with one attached hydrogen (secondary N) is 1. The molecule has 1 aliphatic heterocycles. The average Bonchev–Trinajstić information content (AvgIpc) is 2.87. The minimum Gasteiger partial charge on any atom is -0.478 e. The molecular formula is C11H15NO3S. The molecule has 16 heavy (non-hydrogen) atoms. The fraction of sp³-hybridized carbons (Fsp3) is 0.545. The van der Waals surface area contributed by atoms with Gasteiger partial charge < -0.3 is 15.2 Å². The van der Waals surface area contributed by atoms with Gasteiger partial charge >= 0.3 is 5.97 Å². The predicted octanol–water partition coefficient (Wildman–Crippen LogP) is 1.57. The Morgan fingerprint density at radius 1 is 1.69 bits per heavy atom. The van der Waals surface area contributed by atoms with Crippen LogP contribution in [0.2, 0.25) is 0 Å². The Hall–Kier alpha value is -0.910. The second-order valence-electron chi connectivity index (χ2n) is 3.97. The van der Waals surface area contributed by atoms with Crippen LogP contribution in [0.1, 0.15) is 21.7 Å². The summed E-state index contributed by atoms with van der Waals surface area (Å²) in [4.78, 5) is 11.7. The zero-order valence-corrected chi connectivity index (χ0v) is 9.76. The van der Waals surface area contributed by atoms with E-state index in [-0.39, 0.29) is 0 Å². The maximum Gasteiger partial charge on any atom is 0.336 e. The molecule has 5 heteroatoms. The van der Waals surface area contributed by atoms with Crippen LogP contribution in [0, 0.1) is 5.92 Å². The van der Waals surface area contributed by atoms with Gasteiger partial charge in [0.15, 0.2) is 0 Å². The topological polar surface area (TPSA) is 58.6 Å². The van der Waals surface area contributed by atoms with Crippen LogP contribution < -0.4 is 5.32 Å². The Kier molecular flexibility index (Phi) is 3.93. The predicted molar refractivity (Wildman–Crippen MR) is 61.9 cm³/mol. The van der Waals surface area contributed by atoms with Crippen LogP contribution in [0.15, 0.2) is 11.4 Å². The first-order chi connectivity index (χ1) is 7.75. The molecule has 2 rings (SSSR count). The van der Waals surface area contributed by atoms with E-state index in [1.807, 2.05) is 0 Å². The third kappa shape index (κ3) is 3.04. The summed E-state index contributed by atoms with van der Waals surface area (Å²) < 4.78 is 5.28. The van der Waals surface area contributed by atoms with Crippen molar-refractivity contribution in [3.05, 3.63) is 21.9 Å². The highest BCUT2D eigenvalue weighted by atomic mass is 32.1. The van der Waals surface area contributed by atoms with Gasteiger partial charge in [-0.15, -0.1) is 11.3 Å². The lowest BCUT2D eigenvalue weighted by Gasteiger charge is -2.07. The molecule has 2 heterocycles. The molecule has 0 amide bonds. The first kappa shape index (κ1) is 11.6. The summed E-state index contributed by atoms with van der Waals surface area (Å²) in [5, 5.41) is 13.8. The summed E-state index contributed by atoms with van der Waals surface area (Å²) in [6.45, 7) is 3.40. The SMILES string of the molecule is O=C(O)c1csc(CNCC2CCOC2)c1. The molecule has 0 radical (unpaired) electrons. The Balaban J connectivity index is 1.74. The van der Waals surface area contributed by atoms with Crippen LogP contribution in [0.4, 0.5) is 0 Å². The Morgan fingerprint density at radius 2 is 2.56 bits per heavy atom. The Morgan fingerprint density at radius 3 is 3.19 bits per heavy atom. The zero-order chi connectivity index (χ0) is 11.4. The van der Waals surface area contributed by atoms with Gasteiger partial charge in [0, 0.05) is 30.0 Å². The zero-order valence-electron chi connectivity index (χ0n) is 8.94. The summed E-state index contributed by atoms with van der Waals surface area (Å²) in [7, 11) is 0. The second kappa shape index (κ2) is 5.43. The van der Waals surface area contributed by atoms with Crippen molar-refractivity contribution < 1.29 is 14.6 Å². The molecule has 0 bridgehead atoms. The van der Waals surface area contributed by atoms with Crippen LogP contribution in [0.5, 0.6) is 0 Å². The largest absolute Gasteiger partial charge is 0.478 e. The van der Waals surface area contributed by atoms with Crippen LogP contribution in [-0.4, -0.2) is 30.8 Å². The van der Waals surface area contributed by atoms with Crippen LogP contribution in [-0.2, 0) is 11.3 Å². The molecule has 0 saturated carbocycles. The van der Waals surface area contributed by atoms with Gasteiger partial charge in [0.25, 0.3) is 0 Å². The van der Waals surface area contributed by atoms with E-state index in [4.69, 9.17) is 9.84 Å². The molecule has 0 spiro atoms. The van der Waals surface area contributed by atoms with E-state index in [0.29, 0.717) is 11.5 Å². The van der Waals surface area contributed by atoms with Crippen LogP contribution >= 0.6 is 11.3 Å². The standard InChI is InChI=1S/C11H15NO3S/c13-11(14)9-3-10(16-7-9)5-12-4-8-1-2-15-6-8/h3,7-8,12H,1-2,4-6H2,(H,13,14). The summed E-state index contributed by atoms with van der Waals surface area (Å²) in [6.07, 6.45) is 1.12. The molecule has 1 fully saturated rings. The van der Waals surface area contributed by atoms with Gasteiger partial charge in [-0.2, -0.15) is 0 Å². The number of thiophene rings is 1. The van der Waals surface area contributed by atoms with E-state index in [0.717, 1.165) is 37.6 Å². The fourth-order valence-electron chi connectivity index (χ4n) is 1.73. The van der Waals surface area contributed by atoms with E-state index in [1.54, 1.807) is 11.4 Å². The Bertz CT molecular complexity index is 358. The van der Waals surface area contributed by atoms with Gasteiger partial charge in [0.05, 0.1) is 12.2 Å². The van der Waals surface area contributed by atoms with Crippen LogP contribution in [0.3, 0.4) is 0 Å². The molecule has 1 aromatic heterocycles. The fourth-order valence-corrected chi connectivity index (χ4v) is 2.56. The molecule has 0 aromatic carbocycles.